The van der Waals surface area contributed by atoms with E-state index in [1.54, 1.807) is 19.9 Å². The monoisotopic (exact) mass is 474 g/mol. The molecule has 0 aromatic heterocycles. The zero-order chi connectivity index (χ0) is 26.2. The van der Waals surface area contributed by atoms with Crippen molar-refractivity contribution in [2.24, 2.45) is 0 Å². The Morgan fingerprint density at radius 3 is 1.62 bits per heavy atom. The molecule has 0 bridgehead atoms. The van der Waals surface area contributed by atoms with Crippen LogP contribution in [0.4, 0.5) is 0 Å². The van der Waals surface area contributed by atoms with Gasteiger partial charge in [0.25, 0.3) is 0 Å². The van der Waals surface area contributed by atoms with Gasteiger partial charge >= 0.3 is 23.9 Å². The molecule has 1 rings (SSSR count). The van der Waals surface area contributed by atoms with Gasteiger partial charge in [0.2, 0.25) is 0 Å². The van der Waals surface area contributed by atoms with Gasteiger partial charge in [0.15, 0.2) is 23.0 Å². The fourth-order valence-electron chi connectivity index (χ4n) is 3.18. The summed E-state index contributed by atoms with van der Waals surface area (Å²) in [4.78, 5) is 48.6. The van der Waals surface area contributed by atoms with Gasteiger partial charge in [0, 0.05) is 37.5 Å². The summed E-state index contributed by atoms with van der Waals surface area (Å²) in [6.45, 7) is 14.2. The number of rotatable bonds is 9. The van der Waals surface area contributed by atoms with Crippen LogP contribution in [0.25, 0.3) is 0 Å². The average molecular weight is 475 g/mol. The zero-order valence-corrected chi connectivity index (χ0v) is 21.4. The van der Waals surface area contributed by atoms with Crippen molar-refractivity contribution in [1.29, 1.82) is 0 Å². The molecule has 186 valence electrons. The summed E-state index contributed by atoms with van der Waals surface area (Å²) >= 11 is 0. The van der Waals surface area contributed by atoms with E-state index >= 15 is 0 Å². The van der Waals surface area contributed by atoms with Crippen LogP contribution in [-0.4, -0.2) is 23.9 Å². The Hall–Kier alpha value is -3.42. The normalized spacial score (nSPS) is 11.9. The number of carbonyl (C=O) groups is 4. The van der Waals surface area contributed by atoms with Crippen LogP contribution in [0.15, 0.2) is 23.3 Å². The minimum atomic E-state index is -0.666. The molecule has 0 N–H and O–H groups in total. The molecule has 0 aliphatic carbocycles. The third kappa shape index (κ3) is 7.86. The number of hydrogen-bond acceptors (Lipinski definition) is 8. The first-order valence-electron chi connectivity index (χ1n) is 11.0. The quantitative estimate of drug-likeness (QED) is 0.200. The number of ether oxygens (including phenoxy) is 4. The third-order valence-corrected chi connectivity index (χ3v) is 4.92. The van der Waals surface area contributed by atoms with Crippen molar-refractivity contribution in [2.45, 2.75) is 81.1 Å². The highest BCUT2D eigenvalue weighted by Crippen LogP contribution is 2.52. The summed E-state index contributed by atoms with van der Waals surface area (Å²) in [6.07, 6.45) is 4.89. The summed E-state index contributed by atoms with van der Waals surface area (Å²) in [6, 6.07) is 0. The van der Waals surface area contributed by atoms with E-state index in [0.29, 0.717) is 18.4 Å². The summed E-state index contributed by atoms with van der Waals surface area (Å²) in [5.74, 6) is -3.27. The van der Waals surface area contributed by atoms with E-state index in [1.807, 2.05) is 26.8 Å². The second kappa shape index (κ2) is 12.7. The maximum Gasteiger partial charge on any atom is 0.338 e. The van der Waals surface area contributed by atoms with Crippen molar-refractivity contribution >= 4 is 23.9 Å². The SMILES string of the molecule is CC=C(C)C(=O)Oc1c(OC(C)=O)c(C)c(OC(C)=O)c(OC(C)=O)c1[C@H](C)CCC=C(C)C. The lowest BCUT2D eigenvalue weighted by Crippen LogP contribution is -2.18. The molecule has 8 heteroatoms. The van der Waals surface area contributed by atoms with Crippen molar-refractivity contribution in [1.82, 2.24) is 0 Å². The zero-order valence-electron chi connectivity index (χ0n) is 21.4. The Morgan fingerprint density at radius 2 is 1.21 bits per heavy atom. The van der Waals surface area contributed by atoms with E-state index in [4.69, 9.17) is 18.9 Å². The van der Waals surface area contributed by atoms with Gasteiger partial charge in [-0.05, 0) is 53.4 Å². The molecule has 0 saturated heterocycles. The fraction of sp³-hybridized carbons (Fsp3) is 0.462. The summed E-state index contributed by atoms with van der Waals surface area (Å²) < 4.78 is 22.0. The topological polar surface area (TPSA) is 105 Å². The Labute approximate surface area is 200 Å². The van der Waals surface area contributed by atoms with Gasteiger partial charge in [-0.3, -0.25) is 14.4 Å². The molecule has 0 radical (unpaired) electrons. The molecule has 1 aromatic carbocycles. The van der Waals surface area contributed by atoms with Gasteiger partial charge in [0.1, 0.15) is 0 Å². The van der Waals surface area contributed by atoms with E-state index in [0.717, 1.165) is 5.57 Å². The van der Waals surface area contributed by atoms with Gasteiger partial charge < -0.3 is 18.9 Å². The molecule has 0 fully saturated rings. The number of esters is 4. The van der Waals surface area contributed by atoms with E-state index in [-0.39, 0.29) is 40.0 Å². The Kier molecular flexibility index (Phi) is 10.7. The predicted molar refractivity (Wildman–Crippen MR) is 127 cm³/mol. The standard InChI is InChI=1S/C26H34O8/c1-10-15(4)26(30)34-25-21(16(5)13-11-12-14(2)3)24(33-20(9)29)22(31-18(7)27)17(6)23(25)32-19(8)28/h10,12,16H,11,13H2,1-9H3/t16-/m1/s1. The summed E-state index contributed by atoms with van der Waals surface area (Å²) in [7, 11) is 0. The predicted octanol–water partition coefficient (Wildman–Crippen LogP) is 5.49. The molecule has 0 unspecified atom stereocenters. The van der Waals surface area contributed by atoms with E-state index in [2.05, 4.69) is 0 Å². The van der Waals surface area contributed by atoms with Crippen molar-refractivity contribution in [2.75, 3.05) is 0 Å². The van der Waals surface area contributed by atoms with Crippen molar-refractivity contribution in [3.05, 3.63) is 34.4 Å². The molecule has 1 atom stereocenters. The molecule has 0 aliphatic heterocycles. The molecule has 0 heterocycles. The minimum Gasteiger partial charge on any atom is -0.422 e. The van der Waals surface area contributed by atoms with Crippen LogP contribution in [0.1, 0.15) is 85.3 Å². The highest BCUT2D eigenvalue weighted by Gasteiger charge is 2.33. The molecule has 1 aromatic rings. The van der Waals surface area contributed by atoms with Crippen molar-refractivity contribution in [3.8, 4) is 23.0 Å². The van der Waals surface area contributed by atoms with Crippen molar-refractivity contribution < 1.29 is 38.1 Å². The van der Waals surface area contributed by atoms with Gasteiger partial charge in [-0.25, -0.2) is 4.79 Å². The summed E-state index contributed by atoms with van der Waals surface area (Å²) in [5.41, 5.74) is 1.91. The first kappa shape index (κ1) is 28.6. The highest BCUT2D eigenvalue weighted by molar-refractivity contribution is 5.91. The summed E-state index contributed by atoms with van der Waals surface area (Å²) in [5, 5.41) is 0. The lowest BCUT2D eigenvalue weighted by atomic mass is 9.91. The van der Waals surface area contributed by atoms with Gasteiger partial charge in [0.05, 0.1) is 0 Å². The molecule has 0 saturated carbocycles. The second-order valence-electron chi connectivity index (χ2n) is 8.26. The average Bonchev–Trinajstić information content (AvgIpc) is 2.71. The Bertz CT molecular complexity index is 1030. The van der Waals surface area contributed by atoms with Crippen LogP contribution >= 0.6 is 0 Å². The molecule has 34 heavy (non-hydrogen) atoms. The van der Waals surface area contributed by atoms with E-state index in [9.17, 15) is 19.2 Å². The molecular formula is C26H34O8. The van der Waals surface area contributed by atoms with Crippen LogP contribution in [0, 0.1) is 6.92 Å². The first-order chi connectivity index (χ1) is 15.8. The van der Waals surface area contributed by atoms with E-state index < -0.39 is 23.9 Å². The number of allylic oxidation sites excluding steroid dienone is 3. The van der Waals surface area contributed by atoms with Crippen LogP contribution in [0.2, 0.25) is 0 Å². The maximum atomic E-state index is 12.7. The Balaban J connectivity index is 4.04. The minimum absolute atomic E-state index is 0.0540. The number of hydrogen-bond donors (Lipinski definition) is 0. The smallest absolute Gasteiger partial charge is 0.338 e. The largest absolute Gasteiger partial charge is 0.422 e. The molecular weight excluding hydrogens is 440 g/mol. The highest BCUT2D eigenvalue weighted by atomic mass is 16.6. The molecule has 0 amide bonds. The van der Waals surface area contributed by atoms with Crippen LogP contribution in [0.3, 0.4) is 0 Å². The van der Waals surface area contributed by atoms with Crippen molar-refractivity contribution in [3.63, 3.8) is 0 Å². The lowest BCUT2D eigenvalue weighted by molar-refractivity contribution is -0.135. The Morgan fingerprint density at radius 1 is 0.765 bits per heavy atom. The van der Waals surface area contributed by atoms with E-state index in [1.165, 1.54) is 27.7 Å². The van der Waals surface area contributed by atoms with Crippen LogP contribution < -0.4 is 18.9 Å². The van der Waals surface area contributed by atoms with Gasteiger partial charge in [-0.2, -0.15) is 0 Å². The third-order valence-electron chi connectivity index (χ3n) is 4.92. The molecule has 8 nitrogen and oxygen atoms in total. The second-order valence-corrected chi connectivity index (χ2v) is 8.26. The van der Waals surface area contributed by atoms with Crippen LogP contribution in [-0.2, 0) is 19.2 Å². The van der Waals surface area contributed by atoms with Crippen LogP contribution in [0.5, 0.6) is 23.0 Å². The number of carbonyl (C=O) groups excluding carboxylic acids is 4. The number of benzene rings is 1. The first-order valence-corrected chi connectivity index (χ1v) is 11.0. The van der Waals surface area contributed by atoms with Gasteiger partial charge in [-0.1, -0.05) is 24.6 Å². The van der Waals surface area contributed by atoms with Gasteiger partial charge in [-0.15, -0.1) is 0 Å². The lowest BCUT2D eigenvalue weighted by Gasteiger charge is -2.25. The fourth-order valence-corrected chi connectivity index (χ4v) is 3.18. The molecule has 0 spiro atoms. The maximum absolute atomic E-state index is 12.7. The molecule has 0 aliphatic rings.